The smallest absolute Gasteiger partial charge is 0.0897 e. The molecule has 0 aliphatic heterocycles. The molecule has 0 amide bonds. The molecule has 0 saturated heterocycles. The summed E-state index contributed by atoms with van der Waals surface area (Å²) in [6, 6.07) is 0. The number of hydrogen-bond acceptors (Lipinski definition) is 4. The van der Waals surface area contributed by atoms with Crippen LogP contribution in [0, 0.1) is 12.8 Å². The molecule has 2 N–H and O–H groups in total. The number of aryl methyl sites for hydroxylation is 1. The standard InChI is InChI=1S/C12H21N3S/c1-10-15-12(9-16-10)4-5-13-6-7-14-8-11-2-3-11/h9,11,13-14H,2-8H2,1H3. The SMILES string of the molecule is Cc1nc(CCNCCNCC2CC2)cs1. The van der Waals surface area contributed by atoms with Crippen LogP contribution >= 0.6 is 11.3 Å². The number of aromatic nitrogens is 1. The molecule has 0 unspecified atom stereocenters. The van der Waals surface area contributed by atoms with Gasteiger partial charge in [-0.3, -0.25) is 0 Å². The summed E-state index contributed by atoms with van der Waals surface area (Å²) in [4.78, 5) is 4.44. The largest absolute Gasteiger partial charge is 0.315 e. The van der Waals surface area contributed by atoms with Gasteiger partial charge < -0.3 is 10.6 Å². The van der Waals surface area contributed by atoms with Gasteiger partial charge in [-0.05, 0) is 32.2 Å². The maximum atomic E-state index is 4.44. The molecule has 1 aliphatic carbocycles. The fraction of sp³-hybridized carbons (Fsp3) is 0.750. The van der Waals surface area contributed by atoms with Crippen molar-refractivity contribution < 1.29 is 0 Å². The second-order valence-corrected chi connectivity index (χ2v) is 5.57. The normalized spacial score (nSPS) is 15.6. The van der Waals surface area contributed by atoms with Crippen molar-refractivity contribution in [1.82, 2.24) is 15.6 Å². The van der Waals surface area contributed by atoms with E-state index in [2.05, 4.69) is 27.9 Å². The third-order valence-electron chi connectivity index (χ3n) is 2.83. The van der Waals surface area contributed by atoms with Gasteiger partial charge >= 0.3 is 0 Å². The lowest BCUT2D eigenvalue weighted by atomic mass is 10.3. The van der Waals surface area contributed by atoms with Crippen molar-refractivity contribution in [1.29, 1.82) is 0 Å². The molecule has 16 heavy (non-hydrogen) atoms. The van der Waals surface area contributed by atoms with Gasteiger partial charge in [0.15, 0.2) is 0 Å². The molecule has 1 aliphatic rings. The summed E-state index contributed by atoms with van der Waals surface area (Å²) in [5.41, 5.74) is 1.22. The number of hydrogen-bond donors (Lipinski definition) is 2. The Balaban J connectivity index is 1.42. The molecule has 0 atom stereocenters. The second-order valence-electron chi connectivity index (χ2n) is 4.51. The van der Waals surface area contributed by atoms with E-state index in [4.69, 9.17) is 0 Å². The van der Waals surface area contributed by atoms with E-state index in [1.807, 2.05) is 0 Å². The Bertz CT molecular complexity index is 307. The Morgan fingerprint density at radius 2 is 2.12 bits per heavy atom. The molecule has 1 aromatic rings. The van der Waals surface area contributed by atoms with E-state index >= 15 is 0 Å². The van der Waals surface area contributed by atoms with Crippen LogP contribution in [0.15, 0.2) is 5.38 Å². The van der Waals surface area contributed by atoms with Crippen molar-refractivity contribution in [3.05, 3.63) is 16.1 Å². The van der Waals surface area contributed by atoms with E-state index in [0.717, 1.165) is 32.0 Å². The molecule has 2 rings (SSSR count). The molecule has 1 aromatic heterocycles. The molecule has 3 nitrogen and oxygen atoms in total. The highest BCUT2D eigenvalue weighted by atomic mass is 32.1. The van der Waals surface area contributed by atoms with Gasteiger partial charge in [0.25, 0.3) is 0 Å². The van der Waals surface area contributed by atoms with Crippen LogP contribution in [0.25, 0.3) is 0 Å². The van der Waals surface area contributed by atoms with Crippen LogP contribution < -0.4 is 10.6 Å². The summed E-state index contributed by atoms with van der Waals surface area (Å²) in [7, 11) is 0. The number of nitrogens with zero attached hydrogens (tertiary/aromatic N) is 1. The molecule has 90 valence electrons. The molecule has 0 spiro atoms. The van der Waals surface area contributed by atoms with Gasteiger partial charge in [-0.1, -0.05) is 0 Å². The Labute approximate surface area is 102 Å². The van der Waals surface area contributed by atoms with Crippen LogP contribution in [0.4, 0.5) is 0 Å². The first-order valence-electron chi connectivity index (χ1n) is 6.17. The summed E-state index contributed by atoms with van der Waals surface area (Å²) in [6.45, 7) is 6.47. The quantitative estimate of drug-likeness (QED) is 0.676. The molecule has 1 heterocycles. The summed E-state index contributed by atoms with van der Waals surface area (Å²) in [6.07, 6.45) is 3.92. The van der Waals surface area contributed by atoms with Gasteiger partial charge in [-0.15, -0.1) is 11.3 Å². The van der Waals surface area contributed by atoms with Crippen LogP contribution in [0.1, 0.15) is 23.5 Å². The van der Waals surface area contributed by atoms with E-state index in [1.54, 1.807) is 11.3 Å². The molecule has 4 heteroatoms. The zero-order valence-electron chi connectivity index (χ0n) is 9.96. The first kappa shape index (κ1) is 12.0. The van der Waals surface area contributed by atoms with Crippen LogP contribution in [-0.4, -0.2) is 31.2 Å². The predicted octanol–water partition coefficient (Wildman–Crippen LogP) is 1.58. The van der Waals surface area contributed by atoms with E-state index < -0.39 is 0 Å². The zero-order chi connectivity index (χ0) is 11.2. The molecular weight excluding hydrogens is 218 g/mol. The maximum Gasteiger partial charge on any atom is 0.0897 e. The highest BCUT2D eigenvalue weighted by Crippen LogP contribution is 2.27. The van der Waals surface area contributed by atoms with Gasteiger partial charge in [0, 0.05) is 31.4 Å². The topological polar surface area (TPSA) is 37.0 Å². The first-order valence-corrected chi connectivity index (χ1v) is 7.05. The Morgan fingerprint density at radius 3 is 2.81 bits per heavy atom. The zero-order valence-corrected chi connectivity index (χ0v) is 10.8. The molecule has 0 aromatic carbocycles. The van der Waals surface area contributed by atoms with Crippen LogP contribution in [0.3, 0.4) is 0 Å². The number of nitrogens with one attached hydrogen (secondary N) is 2. The minimum absolute atomic E-state index is 0.984. The predicted molar refractivity (Wildman–Crippen MR) is 69.0 cm³/mol. The molecule has 1 saturated carbocycles. The fourth-order valence-electron chi connectivity index (χ4n) is 1.67. The monoisotopic (exact) mass is 239 g/mol. The van der Waals surface area contributed by atoms with Gasteiger partial charge in [0.1, 0.15) is 0 Å². The Morgan fingerprint density at radius 1 is 1.31 bits per heavy atom. The van der Waals surface area contributed by atoms with Crippen LogP contribution in [0.2, 0.25) is 0 Å². The number of thiazole rings is 1. The van der Waals surface area contributed by atoms with E-state index in [-0.39, 0.29) is 0 Å². The first-order chi connectivity index (χ1) is 7.84. The van der Waals surface area contributed by atoms with Crippen molar-refractivity contribution in [2.24, 2.45) is 5.92 Å². The van der Waals surface area contributed by atoms with Gasteiger partial charge in [0.05, 0.1) is 10.7 Å². The van der Waals surface area contributed by atoms with Gasteiger partial charge in [-0.25, -0.2) is 4.98 Å². The maximum absolute atomic E-state index is 4.44. The molecule has 0 bridgehead atoms. The lowest BCUT2D eigenvalue weighted by Crippen LogP contribution is -2.29. The third-order valence-corrected chi connectivity index (χ3v) is 3.66. The van der Waals surface area contributed by atoms with Crippen molar-refractivity contribution in [2.75, 3.05) is 26.2 Å². The van der Waals surface area contributed by atoms with Gasteiger partial charge in [0.2, 0.25) is 0 Å². The van der Waals surface area contributed by atoms with Crippen LogP contribution in [0.5, 0.6) is 0 Å². The summed E-state index contributed by atoms with van der Waals surface area (Å²) < 4.78 is 0. The van der Waals surface area contributed by atoms with E-state index in [0.29, 0.717) is 0 Å². The molecule has 1 fully saturated rings. The minimum atomic E-state index is 0.984. The lowest BCUT2D eigenvalue weighted by molar-refractivity contribution is 0.589. The summed E-state index contributed by atoms with van der Waals surface area (Å²) >= 11 is 1.74. The average Bonchev–Trinajstić information content (AvgIpc) is 3.00. The second kappa shape index (κ2) is 6.33. The third kappa shape index (κ3) is 4.60. The van der Waals surface area contributed by atoms with Crippen molar-refractivity contribution in [3.63, 3.8) is 0 Å². The fourth-order valence-corrected chi connectivity index (χ4v) is 2.32. The number of rotatable bonds is 8. The van der Waals surface area contributed by atoms with Crippen LogP contribution in [-0.2, 0) is 6.42 Å². The summed E-state index contributed by atoms with van der Waals surface area (Å²) in [5, 5.41) is 10.2. The lowest BCUT2D eigenvalue weighted by Gasteiger charge is -2.04. The highest BCUT2D eigenvalue weighted by molar-refractivity contribution is 7.09. The molecule has 0 radical (unpaired) electrons. The average molecular weight is 239 g/mol. The van der Waals surface area contributed by atoms with Crippen molar-refractivity contribution >= 4 is 11.3 Å². The Hall–Kier alpha value is -0.450. The van der Waals surface area contributed by atoms with Gasteiger partial charge in [-0.2, -0.15) is 0 Å². The van der Waals surface area contributed by atoms with Crippen molar-refractivity contribution in [2.45, 2.75) is 26.2 Å². The van der Waals surface area contributed by atoms with Crippen molar-refractivity contribution in [3.8, 4) is 0 Å². The molecular formula is C12H21N3S. The van der Waals surface area contributed by atoms with E-state index in [1.165, 1.54) is 30.1 Å². The summed E-state index contributed by atoms with van der Waals surface area (Å²) in [5.74, 6) is 0.984. The highest BCUT2D eigenvalue weighted by Gasteiger charge is 2.19. The minimum Gasteiger partial charge on any atom is -0.315 e. The van der Waals surface area contributed by atoms with E-state index in [9.17, 15) is 0 Å². The Kier molecular flexibility index (Phi) is 4.75.